The van der Waals surface area contributed by atoms with Gasteiger partial charge in [0, 0.05) is 37.9 Å². The number of anilines is 1. The summed E-state index contributed by atoms with van der Waals surface area (Å²) in [7, 11) is 0. The van der Waals surface area contributed by atoms with E-state index in [0.717, 1.165) is 35.6 Å². The highest BCUT2D eigenvalue weighted by molar-refractivity contribution is 5.74. The first-order chi connectivity index (χ1) is 14.4. The Morgan fingerprint density at radius 1 is 1.10 bits per heavy atom. The maximum Gasteiger partial charge on any atom is 0.315 e. The summed E-state index contributed by atoms with van der Waals surface area (Å²) in [6, 6.07) is 11.8. The summed E-state index contributed by atoms with van der Waals surface area (Å²) in [5, 5.41) is 5.86. The number of rotatable bonds is 7. The molecule has 1 aliphatic rings. The van der Waals surface area contributed by atoms with Gasteiger partial charge in [0.2, 0.25) is 0 Å². The maximum atomic E-state index is 12.3. The number of aromatic nitrogens is 1. The summed E-state index contributed by atoms with van der Waals surface area (Å²) in [5.41, 5.74) is 2.95. The lowest BCUT2D eigenvalue weighted by atomic mass is 10.1. The molecule has 1 aromatic heterocycles. The molecule has 0 atom stereocenters. The standard InChI is InChI=1S/C23H32N4O3/c1-23(2,3)30-17-19-7-4-6-18(14-19)15-25-22(28)26-16-20-8-5-9-24-21(20)27-10-12-29-13-11-27/h4-9,14H,10-13,15-17H2,1-3H3,(H2,25,26,28). The van der Waals surface area contributed by atoms with Crippen molar-refractivity contribution in [1.29, 1.82) is 0 Å². The van der Waals surface area contributed by atoms with Crippen LogP contribution < -0.4 is 15.5 Å². The van der Waals surface area contributed by atoms with Crippen molar-refractivity contribution < 1.29 is 14.3 Å². The quantitative estimate of drug-likeness (QED) is 0.730. The van der Waals surface area contributed by atoms with Gasteiger partial charge in [0.05, 0.1) is 25.4 Å². The summed E-state index contributed by atoms with van der Waals surface area (Å²) < 4.78 is 11.2. The molecule has 1 saturated heterocycles. The molecule has 2 amide bonds. The second kappa shape index (κ2) is 10.4. The van der Waals surface area contributed by atoms with Gasteiger partial charge in [0.1, 0.15) is 5.82 Å². The second-order valence-electron chi connectivity index (χ2n) is 8.34. The van der Waals surface area contributed by atoms with E-state index >= 15 is 0 Å². The Balaban J connectivity index is 1.49. The predicted octanol–water partition coefficient (Wildman–Crippen LogP) is 3.23. The molecule has 0 spiro atoms. The van der Waals surface area contributed by atoms with Gasteiger partial charge in [-0.3, -0.25) is 0 Å². The number of carbonyl (C=O) groups excluding carboxylic acids is 1. The summed E-state index contributed by atoms with van der Waals surface area (Å²) in [6.07, 6.45) is 1.78. The van der Waals surface area contributed by atoms with E-state index in [2.05, 4.69) is 26.6 Å². The van der Waals surface area contributed by atoms with E-state index in [9.17, 15) is 4.79 Å². The third-order valence-electron chi connectivity index (χ3n) is 4.73. The van der Waals surface area contributed by atoms with Crippen LogP contribution in [-0.4, -0.2) is 42.9 Å². The molecule has 2 heterocycles. The van der Waals surface area contributed by atoms with Crippen molar-refractivity contribution in [1.82, 2.24) is 15.6 Å². The molecule has 1 fully saturated rings. The number of hydrogen-bond donors (Lipinski definition) is 2. The molecule has 2 aromatic rings. The zero-order chi connectivity index (χ0) is 21.4. The number of urea groups is 1. The number of hydrogen-bond acceptors (Lipinski definition) is 5. The van der Waals surface area contributed by atoms with Crippen LogP contribution in [0, 0.1) is 0 Å². The minimum atomic E-state index is -0.205. The number of amides is 2. The van der Waals surface area contributed by atoms with Crippen molar-refractivity contribution in [3.63, 3.8) is 0 Å². The van der Waals surface area contributed by atoms with Gasteiger partial charge in [0.25, 0.3) is 0 Å². The first-order valence-electron chi connectivity index (χ1n) is 10.4. The topological polar surface area (TPSA) is 75.7 Å². The third-order valence-corrected chi connectivity index (χ3v) is 4.73. The average molecular weight is 413 g/mol. The molecule has 3 rings (SSSR count). The van der Waals surface area contributed by atoms with E-state index in [4.69, 9.17) is 9.47 Å². The van der Waals surface area contributed by atoms with Gasteiger partial charge in [-0.25, -0.2) is 9.78 Å². The Morgan fingerprint density at radius 2 is 1.83 bits per heavy atom. The number of carbonyl (C=O) groups is 1. The second-order valence-corrected chi connectivity index (χ2v) is 8.34. The lowest BCUT2D eigenvalue weighted by Gasteiger charge is -2.29. The lowest BCUT2D eigenvalue weighted by molar-refractivity contribution is -0.0149. The Labute approximate surface area is 178 Å². The molecule has 1 aromatic carbocycles. The molecule has 0 bridgehead atoms. The van der Waals surface area contributed by atoms with E-state index in [1.54, 1.807) is 6.20 Å². The van der Waals surface area contributed by atoms with E-state index < -0.39 is 0 Å². The molecule has 162 valence electrons. The summed E-state index contributed by atoms with van der Waals surface area (Å²) in [6.45, 7) is 10.6. The summed E-state index contributed by atoms with van der Waals surface area (Å²) in [5.74, 6) is 0.910. The predicted molar refractivity (Wildman–Crippen MR) is 117 cm³/mol. The minimum absolute atomic E-state index is 0.180. The van der Waals surface area contributed by atoms with Gasteiger partial charge >= 0.3 is 6.03 Å². The monoisotopic (exact) mass is 412 g/mol. The fourth-order valence-corrected chi connectivity index (χ4v) is 3.18. The molecule has 0 unspecified atom stereocenters. The van der Waals surface area contributed by atoms with Crippen LogP contribution in [0.15, 0.2) is 42.6 Å². The molecule has 1 aliphatic heterocycles. The lowest BCUT2D eigenvalue weighted by Crippen LogP contribution is -2.38. The first-order valence-corrected chi connectivity index (χ1v) is 10.4. The molecule has 7 nitrogen and oxygen atoms in total. The third kappa shape index (κ3) is 7.00. The summed E-state index contributed by atoms with van der Waals surface area (Å²) in [4.78, 5) is 19.0. The minimum Gasteiger partial charge on any atom is -0.378 e. The zero-order valence-electron chi connectivity index (χ0n) is 18.1. The van der Waals surface area contributed by atoms with Crippen molar-refractivity contribution in [3.05, 3.63) is 59.3 Å². The van der Waals surface area contributed by atoms with Crippen molar-refractivity contribution in [2.75, 3.05) is 31.2 Å². The van der Waals surface area contributed by atoms with E-state index in [0.29, 0.717) is 32.9 Å². The van der Waals surface area contributed by atoms with E-state index in [1.807, 2.05) is 51.1 Å². The molecular formula is C23H32N4O3. The Morgan fingerprint density at radius 3 is 2.60 bits per heavy atom. The van der Waals surface area contributed by atoms with Crippen LogP contribution in [0.2, 0.25) is 0 Å². The molecule has 0 saturated carbocycles. The van der Waals surface area contributed by atoms with Crippen molar-refractivity contribution in [2.24, 2.45) is 0 Å². The van der Waals surface area contributed by atoms with Gasteiger partial charge in [-0.15, -0.1) is 0 Å². The van der Waals surface area contributed by atoms with Crippen LogP contribution in [0.3, 0.4) is 0 Å². The van der Waals surface area contributed by atoms with Crippen LogP contribution in [0.1, 0.15) is 37.5 Å². The first kappa shape index (κ1) is 22.1. The number of benzene rings is 1. The van der Waals surface area contributed by atoms with E-state index in [1.165, 1.54) is 0 Å². The number of pyridine rings is 1. The fourth-order valence-electron chi connectivity index (χ4n) is 3.18. The highest BCUT2D eigenvalue weighted by Crippen LogP contribution is 2.18. The molecule has 0 aliphatic carbocycles. The van der Waals surface area contributed by atoms with E-state index in [-0.39, 0.29) is 11.6 Å². The largest absolute Gasteiger partial charge is 0.378 e. The molecule has 7 heteroatoms. The van der Waals surface area contributed by atoms with Crippen molar-refractivity contribution in [3.8, 4) is 0 Å². The average Bonchev–Trinajstić information content (AvgIpc) is 2.75. The van der Waals surface area contributed by atoms with Crippen LogP contribution in [0.5, 0.6) is 0 Å². The number of nitrogens with zero attached hydrogens (tertiary/aromatic N) is 2. The fraction of sp³-hybridized carbons (Fsp3) is 0.478. The molecule has 30 heavy (non-hydrogen) atoms. The highest BCUT2D eigenvalue weighted by Gasteiger charge is 2.16. The number of ether oxygens (including phenoxy) is 2. The number of nitrogens with one attached hydrogen (secondary N) is 2. The molecule has 0 radical (unpaired) electrons. The van der Waals surface area contributed by atoms with Crippen LogP contribution in [0.4, 0.5) is 10.6 Å². The smallest absolute Gasteiger partial charge is 0.315 e. The Hall–Kier alpha value is -2.64. The molecular weight excluding hydrogens is 380 g/mol. The maximum absolute atomic E-state index is 12.3. The SMILES string of the molecule is CC(C)(C)OCc1cccc(CNC(=O)NCc2cccnc2N2CCOCC2)c1. The normalized spacial score (nSPS) is 14.4. The molecule has 2 N–H and O–H groups in total. The van der Waals surface area contributed by atoms with Gasteiger partial charge in [-0.05, 0) is 38.0 Å². The van der Waals surface area contributed by atoms with Crippen LogP contribution in [-0.2, 0) is 29.2 Å². The van der Waals surface area contributed by atoms with Gasteiger partial charge < -0.3 is 25.0 Å². The van der Waals surface area contributed by atoms with Gasteiger partial charge in [-0.1, -0.05) is 30.3 Å². The van der Waals surface area contributed by atoms with Gasteiger partial charge in [0.15, 0.2) is 0 Å². The Bertz CT molecular complexity index is 829. The van der Waals surface area contributed by atoms with Crippen LogP contribution in [0.25, 0.3) is 0 Å². The zero-order valence-corrected chi connectivity index (χ0v) is 18.1. The highest BCUT2D eigenvalue weighted by atomic mass is 16.5. The van der Waals surface area contributed by atoms with Crippen molar-refractivity contribution in [2.45, 2.75) is 46.1 Å². The van der Waals surface area contributed by atoms with Crippen LogP contribution >= 0.6 is 0 Å². The number of morpholine rings is 1. The summed E-state index contributed by atoms with van der Waals surface area (Å²) >= 11 is 0. The van der Waals surface area contributed by atoms with Gasteiger partial charge in [-0.2, -0.15) is 0 Å². The van der Waals surface area contributed by atoms with Crippen molar-refractivity contribution >= 4 is 11.8 Å². The Kier molecular flexibility index (Phi) is 7.65.